The lowest BCUT2D eigenvalue weighted by atomic mass is 10.1. The SMILES string of the molecule is O=Cc1nc(C2CCNC2)n2ccc(Br)cc12. The van der Waals surface area contributed by atoms with E-state index in [1.54, 1.807) is 0 Å². The summed E-state index contributed by atoms with van der Waals surface area (Å²) in [5, 5.41) is 3.32. The van der Waals surface area contributed by atoms with E-state index in [9.17, 15) is 4.79 Å². The summed E-state index contributed by atoms with van der Waals surface area (Å²) in [4.78, 5) is 15.5. The molecule has 2 aromatic rings. The van der Waals surface area contributed by atoms with E-state index in [1.807, 2.05) is 22.7 Å². The van der Waals surface area contributed by atoms with E-state index in [-0.39, 0.29) is 0 Å². The molecule has 1 unspecified atom stereocenters. The molecule has 1 aliphatic rings. The summed E-state index contributed by atoms with van der Waals surface area (Å²) in [7, 11) is 0. The largest absolute Gasteiger partial charge is 0.316 e. The van der Waals surface area contributed by atoms with Gasteiger partial charge in [0.25, 0.3) is 0 Å². The van der Waals surface area contributed by atoms with E-state index in [4.69, 9.17) is 0 Å². The summed E-state index contributed by atoms with van der Waals surface area (Å²) in [6.07, 6.45) is 3.87. The van der Waals surface area contributed by atoms with Crippen molar-refractivity contribution in [2.75, 3.05) is 13.1 Å². The lowest BCUT2D eigenvalue weighted by Gasteiger charge is -2.06. The van der Waals surface area contributed by atoms with E-state index in [2.05, 4.69) is 26.2 Å². The molecule has 88 valence electrons. The van der Waals surface area contributed by atoms with Gasteiger partial charge in [-0.05, 0) is 25.1 Å². The van der Waals surface area contributed by atoms with Crippen LogP contribution in [0.4, 0.5) is 0 Å². The van der Waals surface area contributed by atoms with Crippen molar-refractivity contribution in [1.82, 2.24) is 14.7 Å². The average Bonchev–Trinajstić information content (AvgIpc) is 2.94. The zero-order chi connectivity index (χ0) is 11.8. The van der Waals surface area contributed by atoms with Crippen molar-refractivity contribution in [2.24, 2.45) is 0 Å². The first-order chi connectivity index (χ1) is 8.29. The van der Waals surface area contributed by atoms with Crippen LogP contribution >= 0.6 is 15.9 Å². The normalized spacial score (nSPS) is 19.9. The Morgan fingerprint density at radius 2 is 2.47 bits per heavy atom. The van der Waals surface area contributed by atoms with Gasteiger partial charge in [-0.3, -0.25) is 4.79 Å². The van der Waals surface area contributed by atoms with Crippen molar-refractivity contribution in [3.05, 3.63) is 34.3 Å². The third-order valence-electron chi connectivity index (χ3n) is 3.20. The molecule has 2 aromatic heterocycles. The van der Waals surface area contributed by atoms with Crippen LogP contribution in [0.2, 0.25) is 0 Å². The Kier molecular flexibility index (Phi) is 2.72. The molecule has 1 N–H and O–H groups in total. The highest BCUT2D eigenvalue weighted by molar-refractivity contribution is 9.10. The van der Waals surface area contributed by atoms with Crippen LogP contribution < -0.4 is 5.32 Å². The number of hydrogen-bond acceptors (Lipinski definition) is 3. The fourth-order valence-electron chi connectivity index (χ4n) is 2.36. The minimum Gasteiger partial charge on any atom is -0.316 e. The Morgan fingerprint density at radius 3 is 3.18 bits per heavy atom. The van der Waals surface area contributed by atoms with Gasteiger partial charge in [0.1, 0.15) is 11.5 Å². The number of aromatic nitrogens is 2. The predicted octanol–water partition coefficient (Wildman–Crippen LogP) is 1.99. The van der Waals surface area contributed by atoms with Gasteiger partial charge in [0.2, 0.25) is 0 Å². The van der Waals surface area contributed by atoms with E-state index >= 15 is 0 Å². The van der Waals surface area contributed by atoms with Gasteiger partial charge in [-0.1, -0.05) is 15.9 Å². The summed E-state index contributed by atoms with van der Waals surface area (Å²) < 4.78 is 2.98. The van der Waals surface area contributed by atoms with E-state index in [0.29, 0.717) is 11.6 Å². The summed E-state index contributed by atoms with van der Waals surface area (Å²) in [5.74, 6) is 1.39. The molecular formula is C12H12BrN3O. The number of imidazole rings is 1. The highest BCUT2D eigenvalue weighted by atomic mass is 79.9. The second-order valence-electron chi connectivity index (χ2n) is 4.26. The first kappa shape index (κ1) is 10.9. The number of hydrogen-bond donors (Lipinski definition) is 1. The fraction of sp³-hybridized carbons (Fsp3) is 0.333. The molecule has 0 aliphatic carbocycles. The number of rotatable bonds is 2. The number of carbonyl (C=O) groups is 1. The van der Waals surface area contributed by atoms with E-state index in [0.717, 1.165) is 41.6 Å². The van der Waals surface area contributed by atoms with Crippen molar-refractivity contribution < 1.29 is 4.79 Å². The molecule has 1 atom stereocenters. The quantitative estimate of drug-likeness (QED) is 0.862. The summed E-state index contributed by atoms with van der Waals surface area (Å²) in [6.45, 7) is 1.96. The summed E-state index contributed by atoms with van der Waals surface area (Å²) in [6, 6.07) is 3.90. The molecule has 3 rings (SSSR count). The van der Waals surface area contributed by atoms with Gasteiger partial charge in [-0.15, -0.1) is 0 Å². The van der Waals surface area contributed by atoms with Gasteiger partial charge in [0.15, 0.2) is 6.29 Å². The first-order valence-electron chi connectivity index (χ1n) is 5.63. The highest BCUT2D eigenvalue weighted by Gasteiger charge is 2.22. The van der Waals surface area contributed by atoms with Crippen LogP contribution in [0.15, 0.2) is 22.8 Å². The van der Waals surface area contributed by atoms with Gasteiger partial charge in [-0.2, -0.15) is 0 Å². The minimum absolute atomic E-state index is 0.400. The highest BCUT2D eigenvalue weighted by Crippen LogP contribution is 2.25. The molecule has 0 aromatic carbocycles. The second kappa shape index (κ2) is 4.23. The summed E-state index contributed by atoms with van der Waals surface area (Å²) >= 11 is 3.42. The number of aldehydes is 1. The molecule has 0 saturated carbocycles. The lowest BCUT2D eigenvalue weighted by Crippen LogP contribution is -2.10. The molecule has 1 saturated heterocycles. The molecule has 0 radical (unpaired) electrons. The number of nitrogens with one attached hydrogen (secondary N) is 1. The van der Waals surface area contributed by atoms with Crippen LogP contribution in [0, 0.1) is 0 Å². The van der Waals surface area contributed by atoms with Gasteiger partial charge in [0, 0.05) is 23.1 Å². The number of halogens is 1. The second-order valence-corrected chi connectivity index (χ2v) is 5.18. The van der Waals surface area contributed by atoms with Gasteiger partial charge in [0.05, 0.1) is 5.52 Å². The Morgan fingerprint density at radius 1 is 1.59 bits per heavy atom. The topological polar surface area (TPSA) is 46.4 Å². The standard InChI is InChI=1S/C12H12BrN3O/c13-9-2-4-16-11(5-9)10(7-17)15-12(16)8-1-3-14-6-8/h2,4-5,7-8,14H,1,3,6H2. The monoisotopic (exact) mass is 293 g/mol. The van der Waals surface area contributed by atoms with Crippen LogP contribution in [0.25, 0.3) is 5.52 Å². The molecule has 5 heteroatoms. The third kappa shape index (κ3) is 1.79. The maximum Gasteiger partial charge on any atom is 0.170 e. The van der Waals surface area contributed by atoms with Crippen molar-refractivity contribution in [3.8, 4) is 0 Å². The molecule has 17 heavy (non-hydrogen) atoms. The van der Waals surface area contributed by atoms with Gasteiger partial charge in [-0.25, -0.2) is 4.98 Å². The minimum atomic E-state index is 0.400. The number of nitrogens with zero attached hydrogens (tertiary/aromatic N) is 2. The Labute approximate surface area is 107 Å². The molecule has 1 fully saturated rings. The van der Waals surface area contributed by atoms with Crippen LogP contribution in [0.3, 0.4) is 0 Å². The van der Waals surface area contributed by atoms with Crippen molar-refractivity contribution >= 4 is 27.7 Å². The molecule has 4 nitrogen and oxygen atoms in total. The predicted molar refractivity (Wildman–Crippen MR) is 68.5 cm³/mol. The van der Waals surface area contributed by atoms with Crippen LogP contribution in [0.1, 0.15) is 28.7 Å². The fourth-order valence-corrected chi connectivity index (χ4v) is 2.69. The number of fused-ring (bicyclic) bond motifs is 1. The zero-order valence-electron chi connectivity index (χ0n) is 9.19. The maximum atomic E-state index is 11.1. The zero-order valence-corrected chi connectivity index (χ0v) is 10.8. The van der Waals surface area contributed by atoms with Crippen molar-refractivity contribution in [1.29, 1.82) is 0 Å². The Balaban J connectivity index is 2.21. The summed E-state index contributed by atoms with van der Waals surface area (Å²) in [5.41, 5.74) is 1.39. The third-order valence-corrected chi connectivity index (χ3v) is 3.69. The smallest absolute Gasteiger partial charge is 0.170 e. The van der Waals surface area contributed by atoms with Crippen LogP contribution in [0.5, 0.6) is 0 Å². The Hall–Kier alpha value is -1.20. The van der Waals surface area contributed by atoms with E-state index in [1.165, 1.54) is 0 Å². The lowest BCUT2D eigenvalue weighted by molar-refractivity contribution is 0.112. The van der Waals surface area contributed by atoms with Crippen LogP contribution in [-0.4, -0.2) is 28.8 Å². The molecule has 3 heterocycles. The first-order valence-corrected chi connectivity index (χ1v) is 6.42. The van der Waals surface area contributed by atoms with Crippen molar-refractivity contribution in [2.45, 2.75) is 12.3 Å². The molecule has 0 amide bonds. The van der Waals surface area contributed by atoms with Gasteiger partial charge < -0.3 is 9.72 Å². The van der Waals surface area contributed by atoms with Crippen molar-refractivity contribution in [3.63, 3.8) is 0 Å². The molecule has 0 spiro atoms. The number of carbonyl (C=O) groups excluding carboxylic acids is 1. The number of pyridine rings is 1. The molecular weight excluding hydrogens is 282 g/mol. The average molecular weight is 294 g/mol. The molecule has 0 bridgehead atoms. The Bertz CT molecular complexity index is 572. The van der Waals surface area contributed by atoms with Gasteiger partial charge >= 0.3 is 0 Å². The maximum absolute atomic E-state index is 11.1. The van der Waals surface area contributed by atoms with Crippen LogP contribution in [-0.2, 0) is 0 Å². The van der Waals surface area contributed by atoms with E-state index < -0.39 is 0 Å². The molecule has 1 aliphatic heterocycles.